The van der Waals surface area contributed by atoms with Gasteiger partial charge in [-0.2, -0.15) is 0 Å². The van der Waals surface area contributed by atoms with Crippen LogP contribution in [0.4, 0.5) is 0 Å². The number of esters is 1. The molecule has 2 aromatic rings. The van der Waals surface area contributed by atoms with E-state index in [2.05, 4.69) is 24.0 Å². The molecule has 2 atom stereocenters. The Bertz CT molecular complexity index is 656. The molecule has 0 amide bonds. The molecule has 0 saturated carbocycles. The molecule has 120 valence electrons. The van der Waals surface area contributed by atoms with Gasteiger partial charge in [0.05, 0.1) is 0 Å². The number of morpholine rings is 1. The van der Waals surface area contributed by atoms with Crippen LogP contribution in [0, 0.1) is 0 Å². The second kappa shape index (κ2) is 6.55. The van der Waals surface area contributed by atoms with E-state index >= 15 is 0 Å². The maximum Gasteiger partial charge on any atom is 0.328 e. The lowest BCUT2D eigenvalue weighted by atomic mass is 9.95. The molecule has 0 aliphatic carbocycles. The van der Waals surface area contributed by atoms with Crippen LogP contribution in [0.2, 0.25) is 0 Å². The van der Waals surface area contributed by atoms with Crippen molar-refractivity contribution in [3.05, 3.63) is 71.8 Å². The highest BCUT2D eigenvalue weighted by molar-refractivity contribution is 5.79. The number of hydrogen-bond donors (Lipinski definition) is 0. The van der Waals surface area contributed by atoms with Crippen molar-refractivity contribution in [1.29, 1.82) is 0 Å². The minimum atomic E-state index is -0.419. The van der Waals surface area contributed by atoms with Gasteiger partial charge in [-0.3, -0.25) is 4.90 Å². The molecule has 1 saturated heterocycles. The molecule has 1 aliphatic rings. The molecule has 23 heavy (non-hydrogen) atoms. The number of carbonyl (C=O) groups excluding carboxylic acids is 1. The third kappa shape index (κ3) is 3.45. The van der Waals surface area contributed by atoms with E-state index in [4.69, 9.17) is 4.74 Å². The molecule has 1 fully saturated rings. The summed E-state index contributed by atoms with van der Waals surface area (Å²) in [6.45, 7) is 5.57. The Hall–Kier alpha value is -2.13. The van der Waals surface area contributed by atoms with E-state index in [0.29, 0.717) is 0 Å². The molecule has 0 bridgehead atoms. The predicted octanol–water partition coefficient (Wildman–Crippen LogP) is 3.96. The van der Waals surface area contributed by atoms with Gasteiger partial charge in [0.25, 0.3) is 0 Å². The Morgan fingerprint density at radius 3 is 2.30 bits per heavy atom. The molecule has 0 aromatic heterocycles. The number of nitrogens with zero attached hydrogens (tertiary/aromatic N) is 1. The summed E-state index contributed by atoms with van der Waals surface area (Å²) in [4.78, 5) is 14.9. The van der Waals surface area contributed by atoms with Gasteiger partial charge in [0.1, 0.15) is 11.6 Å². The summed E-state index contributed by atoms with van der Waals surface area (Å²) < 4.78 is 5.78. The average Bonchev–Trinajstić information content (AvgIpc) is 2.56. The van der Waals surface area contributed by atoms with E-state index in [9.17, 15) is 4.79 Å². The number of ether oxygens (including phenoxy) is 1. The summed E-state index contributed by atoms with van der Waals surface area (Å²) >= 11 is 0. The Labute approximate surface area is 137 Å². The second-order valence-corrected chi connectivity index (χ2v) is 6.43. The van der Waals surface area contributed by atoms with Gasteiger partial charge in [-0.15, -0.1) is 0 Å². The normalized spacial score (nSPS) is 25.1. The van der Waals surface area contributed by atoms with Crippen LogP contribution in [0.5, 0.6) is 0 Å². The summed E-state index contributed by atoms with van der Waals surface area (Å²) in [5.74, 6) is -0.150. The van der Waals surface area contributed by atoms with Gasteiger partial charge >= 0.3 is 5.97 Å². The van der Waals surface area contributed by atoms with E-state index in [1.54, 1.807) is 0 Å². The minimum absolute atomic E-state index is 0.150. The highest BCUT2D eigenvalue weighted by Gasteiger charge is 2.42. The first-order valence-electron chi connectivity index (χ1n) is 8.17. The number of benzene rings is 2. The van der Waals surface area contributed by atoms with E-state index < -0.39 is 5.60 Å². The van der Waals surface area contributed by atoms with Crippen LogP contribution in [0.15, 0.2) is 60.7 Å². The first kappa shape index (κ1) is 15.8. The van der Waals surface area contributed by atoms with E-state index in [1.165, 1.54) is 5.56 Å². The third-order valence-electron chi connectivity index (χ3n) is 4.56. The first-order valence-corrected chi connectivity index (χ1v) is 8.17. The fourth-order valence-electron chi connectivity index (χ4n) is 3.13. The number of hydrogen-bond acceptors (Lipinski definition) is 3. The molecule has 2 aromatic carbocycles. The SMILES string of the molecule is CCC1(C)CN(Cc2ccccc2)C(c2ccccc2)C(=O)O1. The van der Waals surface area contributed by atoms with Gasteiger partial charge in [0.15, 0.2) is 0 Å². The van der Waals surface area contributed by atoms with E-state index in [1.807, 2.05) is 55.5 Å². The second-order valence-electron chi connectivity index (χ2n) is 6.43. The molecule has 1 aliphatic heterocycles. The van der Waals surface area contributed by atoms with Crippen LogP contribution in [0.1, 0.15) is 37.4 Å². The summed E-state index contributed by atoms with van der Waals surface area (Å²) in [7, 11) is 0. The highest BCUT2D eigenvalue weighted by atomic mass is 16.6. The highest BCUT2D eigenvalue weighted by Crippen LogP contribution is 2.34. The van der Waals surface area contributed by atoms with E-state index in [-0.39, 0.29) is 12.0 Å². The summed E-state index contributed by atoms with van der Waals surface area (Å²) in [5, 5.41) is 0. The Morgan fingerprint density at radius 1 is 1.09 bits per heavy atom. The minimum Gasteiger partial charge on any atom is -0.457 e. The van der Waals surface area contributed by atoms with Gasteiger partial charge < -0.3 is 4.74 Å². The lowest BCUT2D eigenvalue weighted by Gasteiger charge is -2.44. The molecule has 0 N–H and O–H groups in total. The van der Waals surface area contributed by atoms with E-state index in [0.717, 1.165) is 25.1 Å². The molecule has 3 rings (SSSR count). The van der Waals surface area contributed by atoms with Crippen LogP contribution in [0.3, 0.4) is 0 Å². The Balaban J connectivity index is 1.93. The molecule has 3 heteroatoms. The van der Waals surface area contributed by atoms with Crippen molar-refractivity contribution < 1.29 is 9.53 Å². The molecular weight excluding hydrogens is 286 g/mol. The standard InChI is InChI=1S/C20H23NO2/c1-3-20(2)15-21(14-16-10-6-4-7-11-16)18(19(22)23-20)17-12-8-5-9-13-17/h4-13,18H,3,14-15H2,1-2H3. The Morgan fingerprint density at radius 2 is 1.70 bits per heavy atom. The Kier molecular flexibility index (Phi) is 4.49. The maximum absolute atomic E-state index is 12.7. The largest absolute Gasteiger partial charge is 0.457 e. The zero-order chi connectivity index (χ0) is 16.3. The maximum atomic E-state index is 12.7. The topological polar surface area (TPSA) is 29.5 Å². The van der Waals surface area contributed by atoms with Gasteiger partial charge in [-0.1, -0.05) is 67.6 Å². The summed E-state index contributed by atoms with van der Waals surface area (Å²) in [6.07, 6.45) is 0.811. The lowest BCUT2D eigenvalue weighted by molar-refractivity contribution is -0.182. The van der Waals surface area contributed by atoms with Crippen LogP contribution in [0.25, 0.3) is 0 Å². The first-order chi connectivity index (χ1) is 11.1. The monoisotopic (exact) mass is 309 g/mol. The molecule has 3 nitrogen and oxygen atoms in total. The van der Waals surface area contributed by atoms with Crippen molar-refractivity contribution in [3.63, 3.8) is 0 Å². The fraction of sp³-hybridized carbons (Fsp3) is 0.350. The fourth-order valence-corrected chi connectivity index (χ4v) is 3.13. The zero-order valence-electron chi connectivity index (χ0n) is 13.7. The van der Waals surface area contributed by atoms with Crippen molar-refractivity contribution >= 4 is 5.97 Å². The zero-order valence-corrected chi connectivity index (χ0v) is 13.7. The van der Waals surface area contributed by atoms with Gasteiger partial charge in [0, 0.05) is 13.1 Å². The van der Waals surface area contributed by atoms with Crippen molar-refractivity contribution in [3.8, 4) is 0 Å². The smallest absolute Gasteiger partial charge is 0.328 e. The molecule has 2 unspecified atom stereocenters. The molecule has 0 spiro atoms. The van der Waals surface area contributed by atoms with Crippen LogP contribution >= 0.6 is 0 Å². The van der Waals surface area contributed by atoms with Gasteiger partial charge in [-0.05, 0) is 24.5 Å². The van der Waals surface area contributed by atoms with Crippen molar-refractivity contribution in [2.24, 2.45) is 0 Å². The van der Waals surface area contributed by atoms with Crippen LogP contribution in [-0.2, 0) is 16.1 Å². The third-order valence-corrected chi connectivity index (χ3v) is 4.56. The van der Waals surface area contributed by atoms with Crippen molar-refractivity contribution in [1.82, 2.24) is 4.90 Å². The predicted molar refractivity (Wildman–Crippen MR) is 90.8 cm³/mol. The number of rotatable bonds is 4. The lowest BCUT2D eigenvalue weighted by Crippen LogP contribution is -2.53. The number of cyclic esters (lactones) is 1. The quantitative estimate of drug-likeness (QED) is 0.801. The van der Waals surface area contributed by atoms with Crippen LogP contribution in [-0.4, -0.2) is 23.0 Å². The van der Waals surface area contributed by atoms with Crippen LogP contribution < -0.4 is 0 Å². The van der Waals surface area contributed by atoms with Gasteiger partial charge in [-0.25, -0.2) is 4.79 Å². The summed E-state index contributed by atoms with van der Waals surface area (Å²) in [5.41, 5.74) is 1.78. The summed E-state index contributed by atoms with van der Waals surface area (Å²) in [6, 6.07) is 19.9. The molecule has 0 radical (unpaired) electrons. The molecular formula is C20H23NO2. The average molecular weight is 309 g/mol. The molecule has 1 heterocycles. The number of carbonyl (C=O) groups is 1. The van der Waals surface area contributed by atoms with Crippen molar-refractivity contribution in [2.75, 3.05) is 6.54 Å². The van der Waals surface area contributed by atoms with Gasteiger partial charge in [0.2, 0.25) is 0 Å². The van der Waals surface area contributed by atoms with Crippen molar-refractivity contribution in [2.45, 2.75) is 38.5 Å².